The number of nitrogens with zero attached hydrogens (tertiary/aromatic N) is 1. The Bertz CT molecular complexity index is 409. The molecule has 1 saturated carbocycles. The predicted octanol–water partition coefficient (Wildman–Crippen LogP) is 2.59. The van der Waals surface area contributed by atoms with Crippen LogP contribution < -0.4 is 5.32 Å². The summed E-state index contributed by atoms with van der Waals surface area (Å²) < 4.78 is 5.53. The van der Waals surface area contributed by atoms with E-state index >= 15 is 0 Å². The molecule has 1 aromatic carbocycles. The van der Waals surface area contributed by atoms with E-state index in [1.165, 1.54) is 37.8 Å². The van der Waals surface area contributed by atoms with Gasteiger partial charge >= 0.3 is 0 Å². The van der Waals surface area contributed by atoms with E-state index in [0.717, 1.165) is 13.1 Å². The van der Waals surface area contributed by atoms with Gasteiger partial charge in [-0.05, 0) is 44.3 Å². The predicted molar refractivity (Wildman–Crippen MR) is 81.8 cm³/mol. The fourth-order valence-corrected chi connectivity index (χ4v) is 3.65. The number of benzene rings is 1. The first-order chi connectivity index (χ1) is 9.86. The Morgan fingerprint density at radius 1 is 1.20 bits per heavy atom. The maximum Gasteiger partial charge on any atom is 0.0586 e. The molecule has 0 bridgehead atoms. The van der Waals surface area contributed by atoms with Crippen LogP contribution in [0.4, 0.5) is 0 Å². The lowest BCUT2D eigenvalue weighted by Crippen LogP contribution is -2.38. The van der Waals surface area contributed by atoms with Crippen molar-refractivity contribution in [3.8, 4) is 0 Å². The third kappa shape index (κ3) is 3.22. The van der Waals surface area contributed by atoms with Gasteiger partial charge in [-0.25, -0.2) is 0 Å². The molecule has 1 N–H and O–H groups in total. The largest absolute Gasteiger partial charge is 0.381 e. The second-order valence-electron chi connectivity index (χ2n) is 6.09. The second-order valence-corrected chi connectivity index (χ2v) is 6.09. The standard InChI is InChI=1S/C17H26N2O/c1-20-16-9-8-15(12-16)19-11-5-10-18-17(13-19)14-6-3-2-4-7-14/h2-4,6-7,15-18H,5,8-13H2,1H3. The first-order valence-corrected chi connectivity index (χ1v) is 7.92. The van der Waals surface area contributed by atoms with Crippen LogP contribution in [0.5, 0.6) is 0 Å². The monoisotopic (exact) mass is 274 g/mol. The van der Waals surface area contributed by atoms with Crippen molar-refractivity contribution < 1.29 is 4.74 Å². The van der Waals surface area contributed by atoms with Crippen LogP contribution in [-0.4, -0.2) is 43.8 Å². The van der Waals surface area contributed by atoms with Crippen LogP contribution in [0, 0.1) is 0 Å². The van der Waals surface area contributed by atoms with Gasteiger partial charge in [0.15, 0.2) is 0 Å². The zero-order valence-corrected chi connectivity index (χ0v) is 12.4. The summed E-state index contributed by atoms with van der Waals surface area (Å²) in [6.45, 7) is 3.47. The van der Waals surface area contributed by atoms with Crippen molar-refractivity contribution in [3.63, 3.8) is 0 Å². The van der Waals surface area contributed by atoms with Gasteiger partial charge in [0.05, 0.1) is 6.10 Å². The van der Waals surface area contributed by atoms with Crippen molar-refractivity contribution >= 4 is 0 Å². The highest BCUT2D eigenvalue weighted by molar-refractivity contribution is 5.19. The molecule has 0 spiro atoms. The number of hydrogen-bond acceptors (Lipinski definition) is 3. The van der Waals surface area contributed by atoms with E-state index in [9.17, 15) is 0 Å². The van der Waals surface area contributed by atoms with Gasteiger partial charge in [-0.15, -0.1) is 0 Å². The van der Waals surface area contributed by atoms with Gasteiger partial charge < -0.3 is 10.1 Å². The molecule has 2 aliphatic rings. The molecular formula is C17H26N2O. The highest BCUT2D eigenvalue weighted by Gasteiger charge is 2.31. The molecular weight excluding hydrogens is 248 g/mol. The molecule has 3 unspecified atom stereocenters. The molecule has 110 valence electrons. The lowest BCUT2D eigenvalue weighted by atomic mass is 10.1. The van der Waals surface area contributed by atoms with Crippen molar-refractivity contribution in [2.24, 2.45) is 0 Å². The van der Waals surface area contributed by atoms with Crippen LogP contribution in [0.25, 0.3) is 0 Å². The number of hydrogen-bond donors (Lipinski definition) is 1. The summed E-state index contributed by atoms with van der Waals surface area (Å²) >= 11 is 0. The van der Waals surface area contributed by atoms with Gasteiger partial charge in [-0.2, -0.15) is 0 Å². The molecule has 3 rings (SSSR count). The average molecular weight is 274 g/mol. The summed E-state index contributed by atoms with van der Waals surface area (Å²) in [6.07, 6.45) is 5.45. The molecule has 20 heavy (non-hydrogen) atoms. The lowest BCUT2D eigenvalue weighted by molar-refractivity contribution is 0.0961. The van der Waals surface area contributed by atoms with Crippen LogP contribution in [0.2, 0.25) is 0 Å². The fourth-order valence-electron chi connectivity index (χ4n) is 3.65. The summed E-state index contributed by atoms with van der Waals surface area (Å²) in [5.74, 6) is 0. The third-order valence-electron chi connectivity index (χ3n) is 4.84. The van der Waals surface area contributed by atoms with E-state index in [2.05, 4.69) is 40.5 Å². The molecule has 1 aliphatic heterocycles. The molecule has 1 saturated heterocycles. The molecule has 1 aliphatic carbocycles. The minimum Gasteiger partial charge on any atom is -0.381 e. The lowest BCUT2D eigenvalue weighted by Gasteiger charge is -2.30. The van der Waals surface area contributed by atoms with Gasteiger partial charge in [0.2, 0.25) is 0 Å². The first kappa shape index (κ1) is 14.1. The van der Waals surface area contributed by atoms with E-state index < -0.39 is 0 Å². The Morgan fingerprint density at radius 3 is 2.80 bits per heavy atom. The van der Waals surface area contributed by atoms with Gasteiger partial charge in [-0.3, -0.25) is 4.90 Å². The van der Waals surface area contributed by atoms with E-state index in [1.807, 2.05) is 7.11 Å². The van der Waals surface area contributed by atoms with Crippen LogP contribution in [0.15, 0.2) is 30.3 Å². The first-order valence-electron chi connectivity index (χ1n) is 7.92. The SMILES string of the molecule is COC1CCC(N2CCCNC(c3ccccc3)C2)C1. The van der Waals surface area contributed by atoms with E-state index in [-0.39, 0.29) is 0 Å². The van der Waals surface area contributed by atoms with Crippen molar-refractivity contribution in [3.05, 3.63) is 35.9 Å². The van der Waals surface area contributed by atoms with Gasteiger partial charge in [0, 0.05) is 25.7 Å². The van der Waals surface area contributed by atoms with Gasteiger partial charge in [-0.1, -0.05) is 30.3 Å². The molecule has 0 amide bonds. The summed E-state index contributed by atoms with van der Waals surface area (Å²) in [4.78, 5) is 2.69. The molecule has 2 fully saturated rings. The molecule has 3 heteroatoms. The van der Waals surface area contributed by atoms with Crippen molar-refractivity contribution in [1.29, 1.82) is 0 Å². The zero-order chi connectivity index (χ0) is 13.8. The van der Waals surface area contributed by atoms with Crippen molar-refractivity contribution in [2.75, 3.05) is 26.7 Å². The van der Waals surface area contributed by atoms with Crippen LogP contribution in [-0.2, 0) is 4.74 Å². The summed E-state index contributed by atoms with van der Waals surface area (Å²) in [5.41, 5.74) is 1.42. The highest BCUT2D eigenvalue weighted by atomic mass is 16.5. The molecule has 1 heterocycles. The number of rotatable bonds is 3. The van der Waals surface area contributed by atoms with Gasteiger partial charge in [0.25, 0.3) is 0 Å². The maximum absolute atomic E-state index is 5.53. The molecule has 1 aromatic rings. The van der Waals surface area contributed by atoms with Crippen LogP contribution in [0.1, 0.15) is 37.3 Å². The quantitative estimate of drug-likeness (QED) is 0.917. The Labute approximate surface area is 122 Å². The van der Waals surface area contributed by atoms with Crippen molar-refractivity contribution in [1.82, 2.24) is 10.2 Å². The maximum atomic E-state index is 5.53. The number of ether oxygens (including phenoxy) is 1. The van der Waals surface area contributed by atoms with E-state index in [0.29, 0.717) is 18.2 Å². The minimum atomic E-state index is 0.472. The third-order valence-corrected chi connectivity index (χ3v) is 4.84. The van der Waals surface area contributed by atoms with Crippen LogP contribution in [0.3, 0.4) is 0 Å². The highest BCUT2D eigenvalue weighted by Crippen LogP contribution is 2.28. The van der Waals surface area contributed by atoms with Gasteiger partial charge in [0.1, 0.15) is 0 Å². The zero-order valence-electron chi connectivity index (χ0n) is 12.4. The normalized spacial score (nSPS) is 32.1. The van der Waals surface area contributed by atoms with Crippen LogP contribution >= 0.6 is 0 Å². The summed E-state index contributed by atoms with van der Waals surface area (Å²) in [5, 5.41) is 3.70. The van der Waals surface area contributed by atoms with Crippen molar-refractivity contribution in [2.45, 2.75) is 43.9 Å². The number of nitrogens with one attached hydrogen (secondary N) is 1. The molecule has 3 atom stereocenters. The van der Waals surface area contributed by atoms with E-state index in [1.54, 1.807) is 0 Å². The molecule has 3 nitrogen and oxygen atoms in total. The average Bonchev–Trinajstić information content (AvgIpc) is 2.85. The summed E-state index contributed by atoms with van der Waals surface area (Å²) in [6, 6.07) is 12.1. The molecule has 0 radical (unpaired) electrons. The van der Waals surface area contributed by atoms with E-state index in [4.69, 9.17) is 4.74 Å². The Balaban J connectivity index is 1.67. The Kier molecular flexibility index (Phi) is 4.71. The Hall–Kier alpha value is -0.900. The topological polar surface area (TPSA) is 24.5 Å². The molecule has 0 aromatic heterocycles. The Morgan fingerprint density at radius 2 is 2.05 bits per heavy atom. The minimum absolute atomic E-state index is 0.472. The fraction of sp³-hybridized carbons (Fsp3) is 0.647. The summed E-state index contributed by atoms with van der Waals surface area (Å²) in [7, 11) is 1.85. The number of methoxy groups -OCH3 is 1. The second kappa shape index (κ2) is 6.70. The smallest absolute Gasteiger partial charge is 0.0586 e.